The van der Waals surface area contributed by atoms with Gasteiger partial charge in [-0.15, -0.1) is 0 Å². The summed E-state index contributed by atoms with van der Waals surface area (Å²) in [6.07, 6.45) is 0. The Morgan fingerprint density at radius 1 is 1.04 bits per heavy atom. The fraction of sp³-hybridized carbons (Fsp3) is 0.111. The molecule has 10 heteroatoms. The Hall–Kier alpha value is -4.08. The Balaban J connectivity index is 1.76. The summed E-state index contributed by atoms with van der Waals surface area (Å²) < 4.78 is 0. The first kappa shape index (κ1) is 18.7. The number of ketones is 1. The average molecular weight is 380 g/mol. The van der Waals surface area contributed by atoms with Gasteiger partial charge in [-0.2, -0.15) is 10.2 Å². The molecule has 0 bridgehead atoms. The van der Waals surface area contributed by atoms with E-state index < -0.39 is 23.6 Å². The second-order valence-corrected chi connectivity index (χ2v) is 5.97. The first-order chi connectivity index (χ1) is 13.3. The fourth-order valence-corrected chi connectivity index (χ4v) is 2.46. The van der Waals surface area contributed by atoms with E-state index in [-0.39, 0.29) is 5.69 Å². The third-order valence-electron chi connectivity index (χ3n) is 3.86. The number of nitrogens with zero attached hydrogens (tertiary/aromatic N) is 2. The summed E-state index contributed by atoms with van der Waals surface area (Å²) in [6.45, 7) is 1.23. The molecule has 0 aliphatic carbocycles. The van der Waals surface area contributed by atoms with Gasteiger partial charge >= 0.3 is 5.69 Å². The summed E-state index contributed by atoms with van der Waals surface area (Å²) in [5.41, 5.74) is 6.95. The number of nitrogens with two attached hydrogens (primary N) is 1. The highest BCUT2D eigenvalue weighted by atomic mass is 16.2. The van der Waals surface area contributed by atoms with Gasteiger partial charge in [-0.1, -0.05) is 0 Å². The second kappa shape index (κ2) is 7.66. The maximum absolute atomic E-state index is 12.4. The van der Waals surface area contributed by atoms with Gasteiger partial charge in [0.05, 0.1) is 16.7 Å². The average Bonchev–Trinajstić information content (AvgIpc) is 3.01. The molecule has 3 rings (SSSR count). The highest BCUT2D eigenvalue weighted by Crippen LogP contribution is 2.17. The van der Waals surface area contributed by atoms with Crippen LogP contribution in [-0.2, 0) is 9.59 Å². The lowest BCUT2D eigenvalue weighted by Crippen LogP contribution is -2.31. The van der Waals surface area contributed by atoms with E-state index >= 15 is 0 Å². The third-order valence-corrected chi connectivity index (χ3v) is 3.86. The highest BCUT2D eigenvalue weighted by molar-refractivity contribution is 6.10. The minimum atomic E-state index is -1.35. The number of Topliss-reactive ketones (excluding diaryl/α,β-unsaturated/α-hetero) is 1. The van der Waals surface area contributed by atoms with Crippen molar-refractivity contribution < 1.29 is 14.4 Å². The zero-order valence-electron chi connectivity index (χ0n) is 14.7. The molecule has 28 heavy (non-hydrogen) atoms. The minimum absolute atomic E-state index is 0.304. The number of rotatable bonds is 6. The predicted octanol–water partition coefficient (Wildman–Crippen LogP) is 1.64. The van der Waals surface area contributed by atoms with E-state index in [9.17, 15) is 19.2 Å². The van der Waals surface area contributed by atoms with Crippen LogP contribution < -0.4 is 16.7 Å². The molecule has 0 fully saturated rings. The van der Waals surface area contributed by atoms with Crippen molar-refractivity contribution in [2.75, 3.05) is 5.32 Å². The fourth-order valence-electron chi connectivity index (χ4n) is 2.46. The van der Waals surface area contributed by atoms with Crippen molar-refractivity contribution in [3.63, 3.8) is 0 Å². The second-order valence-electron chi connectivity index (χ2n) is 5.97. The Morgan fingerprint density at radius 2 is 1.71 bits per heavy atom. The van der Waals surface area contributed by atoms with E-state index in [1.54, 1.807) is 18.2 Å². The van der Waals surface area contributed by atoms with Gasteiger partial charge in [-0.3, -0.25) is 14.4 Å². The summed E-state index contributed by atoms with van der Waals surface area (Å²) >= 11 is 0. The Kier molecular flexibility index (Phi) is 5.12. The molecule has 1 aromatic heterocycles. The number of primary amides is 1. The number of nitrogens with one attached hydrogen (secondary N) is 3. The maximum atomic E-state index is 12.4. The molecule has 1 heterocycles. The number of benzene rings is 2. The Bertz CT molecular complexity index is 1140. The van der Waals surface area contributed by atoms with Crippen LogP contribution in [0.2, 0.25) is 0 Å². The van der Waals surface area contributed by atoms with Gasteiger partial charge in [0.25, 0.3) is 5.91 Å². The molecule has 5 N–H and O–H groups in total. The zero-order valence-corrected chi connectivity index (χ0v) is 14.7. The molecular formula is C18H16N6O4. The van der Waals surface area contributed by atoms with Crippen molar-refractivity contribution in [2.24, 2.45) is 16.0 Å². The zero-order chi connectivity index (χ0) is 20.3. The molecule has 1 atom stereocenters. The largest absolute Gasteiger partial charge is 0.366 e. The summed E-state index contributed by atoms with van der Waals surface area (Å²) in [5, 5.41) is 10.3. The van der Waals surface area contributed by atoms with Gasteiger partial charge in [-0.05, 0) is 49.4 Å². The minimum Gasteiger partial charge on any atom is -0.366 e. The standard InChI is InChI=1S/C18H16N6O4/c1-9(25)15(24-23-11-4-2-10(3-5-11)16(19)26)17(27)20-12-6-7-13-14(8-12)22-18(28)21-13/h2-8,15H,1H3,(H2,19,26)(H,20,27)(H2,21,22,28)/t15-/m0/s1. The van der Waals surface area contributed by atoms with E-state index in [1.165, 1.54) is 31.2 Å². The molecular weight excluding hydrogens is 364 g/mol. The molecule has 3 aromatic rings. The molecule has 142 valence electrons. The predicted molar refractivity (Wildman–Crippen MR) is 101 cm³/mol. The number of anilines is 1. The van der Waals surface area contributed by atoms with Crippen molar-refractivity contribution in [3.8, 4) is 0 Å². The van der Waals surface area contributed by atoms with Gasteiger partial charge in [0.15, 0.2) is 5.78 Å². The van der Waals surface area contributed by atoms with Crippen LogP contribution >= 0.6 is 0 Å². The number of aromatic nitrogens is 2. The van der Waals surface area contributed by atoms with E-state index in [4.69, 9.17) is 5.73 Å². The van der Waals surface area contributed by atoms with Crippen molar-refractivity contribution in [1.82, 2.24) is 9.97 Å². The molecule has 0 spiro atoms. The summed E-state index contributed by atoms with van der Waals surface area (Å²) in [6, 6.07) is 9.33. The lowest BCUT2D eigenvalue weighted by Gasteiger charge is -2.09. The highest BCUT2D eigenvalue weighted by Gasteiger charge is 2.23. The van der Waals surface area contributed by atoms with Crippen LogP contribution in [0.4, 0.5) is 11.4 Å². The molecule has 0 radical (unpaired) electrons. The molecule has 0 saturated heterocycles. The summed E-state index contributed by atoms with van der Waals surface area (Å²) in [7, 11) is 0. The van der Waals surface area contributed by atoms with E-state index in [1.807, 2.05) is 0 Å². The van der Waals surface area contributed by atoms with Crippen molar-refractivity contribution in [2.45, 2.75) is 13.0 Å². The van der Waals surface area contributed by atoms with Crippen LogP contribution in [0.1, 0.15) is 17.3 Å². The van der Waals surface area contributed by atoms with Gasteiger partial charge in [0.2, 0.25) is 11.9 Å². The van der Waals surface area contributed by atoms with Crippen LogP contribution in [0.3, 0.4) is 0 Å². The van der Waals surface area contributed by atoms with Crippen LogP contribution in [0.5, 0.6) is 0 Å². The number of azo groups is 1. The molecule has 10 nitrogen and oxygen atoms in total. The van der Waals surface area contributed by atoms with Crippen LogP contribution in [0.25, 0.3) is 11.0 Å². The SMILES string of the molecule is CC(=O)[C@H](N=Nc1ccc(C(N)=O)cc1)C(=O)Nc1ccc2[nH]c(=O)[nH]c2c1. The smallest absolute Gasteiger partial charge is 0.323 e. The maximum Gasteiger partial charge on any atom is 0.323 e. The molecule has 0 aliphatic heterocycles. The van der Waals surface area contributed by atoms with Gasteiger partial charge in [0.1, 0.15) is 0 Å². The number of hydrogen-bond acceptors (Lipinski definition) is 6. The van der Waals surface area contributed by atoms with Gasteiger partial charge in [-0.25, -0.2) is 4.79 Å². The number of aromatic amines is 2. The summed E-state index contributed by atoms with van der Waals surface area (Å²) in [4.78, 5) is 51.8. The summed E-state index contributed by atoms with van der Waals surface area (Å²) in [5.74, 6) is -1.74. The molecule has 0 aliphatic rings. The lowest BCUT2D eigenvalue weighted by atomic mass is 10.2. The van der Waals surface area contributed by atoms with Crippen LogP contribution in [0.15, 0.2) is 57.5 Å². The monoisotopic (exact) mass is 380 g/mol. The Labute approximate surface area is 157 Å². The van der Waals surface area contributed by atoms with Gasteiger partial charge in [0, 0.05) is 11.3 Å². The molecule has 0 unspecified atom stereocenters. The number of amides is 2. The number of carbonyl (C=O) groups excluding carboxylic acids is 3. The van der Waals surface area contributed by atoms with Crippen LogP contribution in [-0.4, -0.2) is 33.6 Å². The first-order valence-electron chi connectivity index (χ1n) is 8.17. The van der Waals surface area contributed by atoms with E-state index in [0.29, 0.717) is 28.0 Å². The van der Waals surface area contributed by atoms with Crippen LogP contribution in [0, 0.1) is 0 Å². The number of imidazole rings is 1. The third kappa shape index (κ3) is 4.18. The number of fused-ring (bicyclic) bond motifs is 1. The lowest BCUT2D eigenvalue weighted by molar-refractivity contribution is -0.126. The molecule has 0 saturated carbocycles. The first-order valence-corrected chi connectivity index (χ1v) is 8.17. The van der Waals surface area contributed by atoms with E-state index in [2.05, 4.69) is 25.5 Å². The van der Waals surface area contributed by atoms with Crippen molar-refractivity contribution in [1.29, 1.82) is 0 Å². The quantitative estimate of drug-likeness (QED) is 0.378. The molecule has 2 aromatic carbocycles. The van der Waals surface area contributed by atoms with Crippen molar-refractivity contribution in [3.05, 3.63) is 58.5 Å². The van der Waals surface area contributed by atoms with Gasteiger partial charge < -0.3 is 21.0 Å². The molecule has 2 amide bonds. The number of H-pyrrole nitrogens is 2. The Morgan fingerprint density at radius 3 is 2.36 bits per heavy atom. The normalized spacial score (nSPS) is 12.2. The van der Waals surface area contributed by atoms with Crippen molar-refractivity contribution >= 4 is 40.0 Å². The van der Waals surface area contributed by atoms with E-state index in [0.717, 1.165) is 0 Å². The number of hydrogen-bond donors (Lipinski definition) is 4. The number of carbonyl (C=O) groups is 3. The topological polar surface area (TPSA) is 163 Å².